The number of aliphatic hydroxyl groups is 1. The molecule has 0 radical (unpaired) electrons. The van der Waals surface area contributed by atoms with Crippen LogP contribution < -0.4 is 0 Å². The first-order chi connectivity index (χ1) is 9.83. The van der Waals surface area contributed by atoms with Gasteiger partial charge < -0.3 is 9.84 Å². The standard InChI is InChI=1S/C16H21NO4/c1-16(2,3)21-15(20)17-13-10-6-4-5-9(10)7-11(13)12(8-18)14(17)19/h6,8-9,11,13,18H,4-5,7H2,1-3H3/b12-8-. The van der Waals surface area contributed by atoms with E-state index in [1.54, 1.807) is 20.8 Å². The molecule has 1 saturated carbocycles. The zero-order valence-corrected chi connectivity index (χ0v) is 12.6. The topological polar surface area (TPSA) is 66.8 Å². The van der Waals surface area contributed by atoms with Crippen LogP contribution in [0.1, 0.15) is 40.0 Å². The van der Waals surface area contributed by atoms with Crippen LogP contribution in [0.3, 0.4) is 0 Å². The highest BCUT2D eigenvalue weighted by Crippen LogP contribution is 2.52. The zero-order valence-electron chi connectivity index (χ0n) is 12.6. The van der Waals surface area contributed by atoms with Crippen LogP contribution in [0.15, 0.2) is 23.5 Å². The molecule has 3 rings (SSSR count). The second-order valence-electron chi connectivity index (χ2n) is 7.01. The Labute approximate surface area is 124 Å². The zero-order chi connectivity index (χ0) is 15.4. The van der Waals surface area contributed by atoms with Crippen molar-refractivity contribution in [2.75, 3.05) is 0 Å². The minimum atomic E-state index is -0.652. The Kier molecular flexibility index (Phi) is 3.11. The molecule has 0 aromatic carbocycles. The average molecular weight is 291 g/mol. The number of hydrogen-bond donors (Lipinski definition) is 1. The monoisotopic (exact) mass is 291 g/mol. The first-order valence-corrected chi connectivity index (χ1v) is 7.44. The molecule has 0 aromatic heterocycles. The van der Waals surface area contributed by atoms with Crippen molar-refractivity contribution in [1.29, 1.82) is 0 Å². The molecule has 3 atom stereocenters. The highest BCUT2D eigenvalue weighted by atomic mass is 16.6. The van der Waals surface area contributed by atoms with Crippen molar-refractivity contribution in [3.05, 3.63) is 23.5 Å². The van der Waals surface area contributed by atoms with Gasteiger partial charge in [-0.2, -0.15) is 0 Å². The van der Waals surface area contributed by atoms with Gasteiger partial charge in [0.05, 0.1) is 17.9 Å². The van der Waals surface area contributed by atoms with E-state index in [1.165, 1.54) is 4.90 Å². The summed E-state index contributed by atoms with van der Waals surface area (Å²) in [6, 6.07) is -0.266. The van der Waals surface area contributed by atoms with Crippen molar-refractivity contribution in [2.45, 2.75) is 51.7 Å². The first-order valence-electron chi connectivity index (χ1n) is 7.44. The van der Waals surface area contributed by atoms with Crippen LogP contribution in [0.2, 0.25) is 0 Å². The fourth-order valence-electron chi connectivity index (χ4n) is 3.78. The number of hydrogen-bond acceptors (Lipinski definition) is 4. The quantitative estimate of drug-likeness (QED) is 0.423. The number of amides is 2. The molecular weight excluding hydrogens is 270 g/mol. The Bertz CT molecular complexity index is 555. The number of imide groups is 1. The van der Waals surface area contributed by atoms with E-state index < -0.39 is 17.6 Å². The minimum absolute atomic E-state index is 0.0911. The second-order valence-corrected chi connectivity index (χ2v) is 7.01. The van der Waals surface area contributed by atoms with E-state index >= 15 is 0 Å². The lowest BCUT2D eigenvalue weighted by Crippen LogP contribution is -2.43. The maximum absolute atomic E-state index is 12.4. The molecule has 5 heteroatoms. The van der Waals surface area contributed by atoms with E-state index in [2.05, 4.69) is 6.08 Å². The summed E-state index contributed by atoms with van der Waals surface area (Å²) in [5, 5.41) is 9.40. The van der Waals surface area contributed by atoms with Crippen molar-refractivity contribution in [3.8, 4) is 0 Å². The van der Waals surface area contributed by atoms with Crippen LogP contribution in [-0.4, -0.2) is 33.6 Å². The van der Waals surface area contributed by atoms with Crippen LogP contribution in [0, 0.1) is 11.8 Å². The van der Waals surface area contributed by atoms with Crippen LogP contribution in [-0.2, 0) is 9.53 Å². The molecule has 1 aliphatic heterocycles. The number of likely N-dealkylation sites (tertiary alicyclic amines) is 1. The fourth-order valence-corrected chi connectivity index (χ4v) is 3.78. The number of nitrogens with zero attached hydrogens (tertiary/aromatic N) is 1. The summed E-state index contributed by atoms with van der Waals surface area (Å²) in [6.45, 7) is 5.33. The van der Waals surface area contributed by atoms with E-state index in [0.29, 0.717) is 11.5 Å². The summed E-state index contributed by atoms with van der Waals surface area (Å²) in [4.78, 5) is 26.0. The highest BCUT2D eigenvalue weighted by Gasteiger charge is 2.56. The van der Waals surface area contributed by atoms with Crippen LogP contribution in [0.5, 0.6) is 0 Å². The van der Waals surface area contributed by atoms with Gasteiger partial charge in [-0.25, -0.2) is 9.69 Å². The number of ether oxygens (including phenoxy) is 1. The van der Waals surface area contributed by atoms with Crippen molar-refractivity contribution < 1.29 is 19.4 Å². The van der Waals surface area contributed by atoms with Crippen molar-refractivity contribution in [1.82, 2.24) is 4.90 Å². The lowest BCUT2D eigenvalue weighted by Gasteiger charge is -2.27. The molecule has 3 aliphatic rings. The number of carbonyl (C=O) groups is 2. The molecule has 114 valence electrons. The number of carbonyl (C=O) groups excluding carboxylic acids is 2. The van der Waals surface area contributed by atoms with E-state index in [1.807, 2.05) is 0 Å². The molecule has 0 spiro atoms. The van der Waals surface area contributed by atoms with E-state index in [4.69, 9.17) is 4.74 Å². The second kappa shape index (κ2) is 4.61. The van der Waals surface area contributed by atoms with E-state index in [-0.39, 0.29) is 12.0 Å². The molecule has 21 heavy (non-hydrogen) atoms. The van der Waals surface area contributed by atoms with Gasteiger partial charge in [0.25, 0.3) is 5.91 Å². The van der Waals surface area contributed by atoms with Crippen LogP contribution in [0.4, 0.5) is 4.79 Å². The normalized spacial score (nSPS) is 33.2. The molecule has 2 amide bonds. The average Bonchev–Trinajstić information content (AvgIpc) is 2.96. The predicted octanol–water partition coefficient (Wildman–Crippen LogP) is 2.93. The Morgan fingerprint density at radius 1 is 1.48 bits per heavy atom. The molecule has 1 saturated heterocycles. The smallest absolute Gasteiger partial charge is 0.417 e. The lowest BCUT2D eigenvalue weighted by atomic mass is 9.96. The van der Waals surface area contributed by atoms with Gasteiger partial charge in [-0.3, -0.25) is 4.79 Å². The maximum atomic E-state index is 12.4. The fraction of sp³-hybridized carbons (Fsp3) is 0.625. The number of aliphatic hydroxyl groups excluding tert-OH is 1. The van der Waals surface area contributed by atoms with E-state index in [0.717, 1.165) is 31.1 Å². The molecule has 1 N–H and O–H groups in total. The third kappa shape index (κ3) is 2.15. The number of fused-ring (bicyclic) bond motifs is 3. The first kappa shape index (κ1) is 14.2. The molecule has 0 bridgehead atoms. The summed E-state index contributed by atoms with van der Waals surface area (Å²) in [7, 11) is 0. The van der Waals surface area contributed by atoms with Crippen LogP contribution in [0.25, 0.3) is 0 Å². The molecule has 2 aliphatic carbocycles. The van der Waals surface area contributed by atoms with Gasteiger partial charge in [0.15, 0.2) is 0 Å². The van der Waals surface area contributed by atoms with Gasteiger partial charge in [-0.05, 0) is 51.5 Å². The number of allylic oxidation sites excluding steroid dienone is 1. The van der Waals surface area contributed by atoms with Gasteiger partial charge in [-0.15, -0.1) is 0 Å². The molecule has 0 aromatic rings. The third-order valence-electron chi connectivity index (χ3n) is 4.50. The molecule has 2 fully saturated rings. The summed E-state index contributed by atoms with van der Waals surface area (Å²) in [6.07, 6.45) is 5.28. The maximum Gasteiger partial charge on any atom is 0.417 e. The minimum Gasteiger partial charge on any atom is -0.515 e. The van der Waals surface area contributed by atoms with Crippen molar-refractivity contribution >= 4 is 12.0 Å². The Morgan fingerprint density at radius 3 is 2.81 bits per heavy atom. The highest BCUT2D eigenvalue weighted by molar-refractivity contribution is 6.06. The molecule has 5 nitrogen and oxygen atoms in total. The number of rotatable bonds is 0. The van der Waals surface area contributed by atoms with Crippen molar-refractivity contribution in [3.63, 3.8) is 0 Å². The largest absolute Gasteiger partial charge is 0.515 e. The molecule has 3 unspecified atom stereocenters. The molecule has 1 heterocycles. The van der Waals surface area contributed by atoms with Gasteiger partial charge in [0.2, 0.25) is 0 Å². The van der Waals surface area contributed by atoms with E-state index in [9.17, 15) is 14.7 Å². The van der Waals surface area contributed by atoms with Crippen molar-refractivity contribution in [2.24, 2.45) is 11.8 Å². The van der Waals surface area contributed by atoms with Gasteiger partial charge in [0.1, 0.15) is 5.60 Å². The van der Waals surface area contributed by atoms with Gasteiger partial charge in [-0.1, -0.05) is 6.08 Å². The Morgan fingerprint density at radius 2 is 2.19 bits per heavy atom. The lowest BCUT2D eigenvalue weighted by molar-refractivity contribution is -0.125. The SMILES string of the molecule is CC(C)(C)OC(=O)N1C(=O)/C(=C\O)C2CC3CCC=C3C21. The predicted molar refractivity (Wildman–Crippen MR) is 76.5 cm³/mol. The molecular formula is C16H21NO4. The summed E-state index contributed by atoms with van der Waals surface area (Å²) >= 11 is 0. The summed E-state index contributed by atoms with van der Waals surface area (Å²) < 4.78 is 5.37. The summed E-state index contributed by atoms with van der Waals surface area (Å²) in [5.74, 6) is -0.0902. The van der Waals surface area contributed by atoms with Gasteiger partial charge in [0, 0.05) is 5.92 Å². The third-order valence-corrected chi connectivity index (χ3v) is 4.50. The Hall–Kier alpha value is -1.78. The summed E-state index contributed by atoms with van der Waals surface area (Å²) in [5.41, 5.74) is 0.845. The van der Waals surface area contributed by atoms with Gasteiger partial charge >= 0.3 is 6.09 Å². The Balaban J connectivity index is 1.95. The van der Waals surface area contributed by atoms with Crippen LogP contribution >= 0.6 is 0 Å².